The predicted octanol–water partition coefficient (Wildman–Crippen LogP) is 6.53. The van der Waals surface area contributed by atoms with E-state index in [4.69, 9.17) is 9.47 Å². The van der Waals surface area contributed by atoms with E-state index in [9.17, 15) is 14.4 Å². The van der Waals surface area contributed by atoms with Gasteiger partial charge in [-0.1, -0.05) is 80.8 Å². The van der Waals surface area contributed by atoms with Crippen molar-refractivity contribution in [2.45, 2.75) is 91.1 Å². The molecule has 1 amide bonds. The number of para-hydroxylation sites is 1. The molecule has 2 aromatic carbocycles. The van der Waals surface area contributed by atoms with E-state index in [2.05, 4.69) is 17.2 Å². The van der Waals surface area contributed by atoms with Crippen LogP contribution in [-0.2, 0) is 36.9 Å². The van der Waals surface area contributed by atoms with E-state index in [1.165, 1.54) is 0 Å². The molecule has 0 bridgehead atoms. The van der Waals surface area contributed by atoms with E-state index in [0.717, 1.165) is 60.2 Å². The van der Waals surface area contributed by atoms with Crippen LogP contribution in [-0.4, -0.2) is 52.5 Å². The Labute approximate surface area is 254 Å². The summed E-state index contributed by atoms with van der Waals surface area (Å²) in [6.07, 6.45) is 6.97. The molecule has 1 aromatic heterocycles. The van der Waals surface area contributed by atoms with Gasteiger partial charge in [0.15, 0.2) is 0 Å². The Kier molecular flexibility index (Phi) is 12.5. The van der Waals surface area contributed by atoms with E-state index in [-0.39, 0.29) is 30.7 Å². The summed E-state index contributed by atoms with van der Waals surface area (Å²) >= 11 is 0. The van der Waals surface area contributed by atoms with Crippen LogP contribution >= 0.6 is 0 Å². The van der Waals surface area contributed by atoms with Crippen LogP contribution in [0.2, 0.25) is 0 Å². The number of unbranched alkanes of at least 4 members (excludes halogenated alkanes) is 3. The molecule has 0 N–H and O–H groups in total. The first-order chi connectivity index (χ1) is 21.0. The summed E-state index contributed by atoms with van der Waals surface area (Å²) in [6.45, 7) is 6.23. The average molecular weight is 589 g/mol. The topological polar surface area (TPSA) is 104 Å². The standard InChI is InChI=1S/C34H44N4O5/c1-3-5-6-7-19-32(41)43-24-21-38-34-28-15-9-8-13-26(28)25-37(30-17-11-10-16-29(30)33(34)35-36-38)31(40)18-12-14-27(39)20-23-42-22-4-2/h8-11,13,15-17H,3-7,12,14,18-25H2,1-2H3. The van der Waals surface area contributed by atoms with Gasteiger partial charge in [0, 0.05) is 43.4 Å². The Morgan fingerprint density at radius 2 is 1.58 bits per heavy atom. The van der Waals surface area contributed by atoms with Gasteiger partial charge in [-0.2, -0.15) is 0 Å². The van der Waals surface area contributed by atoms with Crippen molar-refractivity contribution in [1.29, 1.82) is 0 Å². The summed E-state index contributed by atoms with van der Waals surface area (Å²) in [6, 6.07) is 15.7. The normalized spacial score (nSPS) is 12.1. The van der Waals surface area contributed by atoms with Crippen molar-refractivity contribution in [3.63, 3.8) is 0 Å². The lowest BCUT2D eigenvalue weighted by Crippen LogP contribution is -2.31. The van der Waals surface area contributed by atoms with Crippen molar-refractivity contribution in [2.24, 2.45) is 0 Å². The lowest BCUT2D eigenvalue weighted by Gasteiger charge is -2.28. The number of ketones is 1. The predicted molar refractivity (Wildman–Crippen MR) is 166 cm³/mol. The van der Waals surface area contributed by atoms with E-state index in [1.807, 2.05) is 55.5 Å². The molecule has 43 heavy (non-hydrogen) atoms. The molecule has 0 spiro atoms. The quantitative estimate of drug-likeness (QED) is 0.130. The van der Waals surface area contributed by atoms with Crippen molar-refractivity contribution in [1.82, 2.24) is 15.0 Å². The third kappa shape index (κ3) is 8.83. The number of hydrogen-bond donors (Lipinski definition) is 0. The van der Waals surface area contributed by atoms with Crippen LogP contribution in [0.3, 0.4) is 0 Å². The Balaban J connectivity index is 1.50. The third-order valence-electron chi connectivity index (χ3n) is 7.61. The van der Waals surface area contributed by atoms with Crippen LogP contribution < -0.4 is 4.90 Å². The number of ether oxygens (including phenoxy) is 2. The number of anilines is 1. The molecule has 3 aromatic rings. The number of rotatable bonds is 17. The number of carbonyl (C=O) groups excluding carboxylic acids is 3. The highest BCUT2D eigenvalue weighted by Crippen LogP contribution is 2.41. The summed E-state index contributed by atoms with van der Waals surface area (Å²) in [5.74, 6) is -0.116. The molecule has 4 rings (SSSR count). The van der Waals surface area contributed by atoms with Crippen LogP contribution in [0.5, 0.6) is 0 Å². The smallest absolute Gasteiger partial charge is 0.305 e. The summed E-state index contributed by atoms with van der Waals surface area (Å²) < 4.78 is 12.7. The van der Waals surface area contributed by atoms with Gasteiger partial charge in [-0.05, 0) is 30.9 Å². The molecule has 0 saturated heterocycles. The molecule has 230 valence electrons. The zero-order valence-corrected chi connectivity index (χ0v) is 25.6. The van der Waals surface area contributed by atoms with Crippen LogP contribution in [0.4, 0.5) is 5.69 Å². The van der Waals surface area contributed by atoms with Crippen molar-refractivity contribution in [3.05, 3.63) is 54.1 Å². The fourth-order valence-corrected chi connectivity index (χ4v) is 5.34. The maximum Gasteiger partial charge on any atom is 0.305 e. The lowest BCUT2D eigenvalue weighted by molar-refractivity contribution is -0.144. The zero-order chi connectivity index (χ0) is 30.4. The Bertz CT molecular complexity index is 1370. The second-order valence-corrected chi connectivity index (χ2v) is 10.9. The number of benzene rings is 2. The van der Waals surface area contributed by atoms with Crippen LogP contribution in [0.15, 0.2) is 48.5 Å². The highest BCUT2D eigenvalue weighted by Gasteiger charge is 2.29. The molecule has 0 fully saturated rings. The van der Waals surface area contributed by atoms with Crippen LogP contribution in [0, 0.1) is 0 Å². The molecular formula is C34H44N4O5. The molecule has 1 aliphatic rings. The first kappa shape index (κ1) is 32.1. The number of aromatic nitrogens is 3. The van der Waals surface area contributed by atoms with Crippen LogP contribution in [0.25, 0.3) is 22.5 Å². The van der Waals surface area contributed by atoms with Gasteiger partial charge < -0.3 is 14.4 Å². The number of amides is 1. The van der Waals surface area contributed by atoms with Gasteiger partial charge in [-0.3, -0.25) is 14.4 Å². The van der Waals surface area contributed by atoms with Crippen LogP contribution in [0.1, 0.15) is 83.6 Å². The number of Topliss-reactive ketones (excluding diaryl/α,β-unsaturated/α-hetero) is 1. The highest BCUT2D eigenvalue weighted by atomic mass is 16.5. The minimum atomic E-state index is -0.189. The SMILES string of the molecule is CCCCCCC(=O)OCCn1nnc2c1-c1ccccc1CN(C(=O)CCCC(=O)CCOCCC)c1ccccc1-2. The number of nitrogens with zero attached hydrogens (tertiary/aromatic N) is 4. The van der Waals surface area contributed by atoms with Crippen molar-refractivity contribution in [3.8, 4) is 22.5 Å². The third-order valence-corrected chi connectivity index (χ3v) is 7.61. The van der Waals surface area contributed by atoms with Gasteiger partial charge in [0.25, 0.3) is 0 Å². The molecule has 9 nitrogen and oxygen atoms in total. The van der Waals surface area contributed by atoms with Gasteiger partial charge >= 0.3 is 5.97 Å². The second-order valence-electron chi connectivity index (χ2n) is 10.9. The Hall–Kier alpha value is -3.85. The first-order valence-electron chi connectivity index (χ1n) is 15.7. The highest BCUT2D eigenvalue weighted by molar-refractivity contribution is 6.00. The molecule has 9 heteroatoms. The molecule has 0 atom stereocenters. The minimum absolute atomic E-state index is 0.0426. The number of carbonyl (C=O) groups is 3. The van der Waals surface area contributed by atoms with Crippen molar-refractivity contribution >= 4 is 23.3 Å². The summed E-state index contributed by atoms with van der Waals surface area (Å²) in [5.41, 5.74) is 4.98. The van der Waals surface area contributed by atoms with Gasteiger partial charge in [-0.15, -0.1) is 5.10 Å². The van der Waals surface area contributed by atoms with Gasteiger partial charge in [0.05, 0.1) is 31.1 Å². The number of esters is 1. The molecule has 1 aliphatic heterocycles. The Morgan fingerprint density at radius 3 is 2.40 bits per heavy atom. The number of hydrogen-bond acceptors (Lipinski definition) is 7. The van der Waals surface area contributed by atoms with Gasteiger partial charge in [0.2, 0.25) is 5.91 Å². The first-order valence-corrected chi connectivity index (χ1v) is 15.7. The number of fused-ring (bicyclic) bond motifs is 5. The summed E-state index contributed by atoms with van der Waals surface area (Å²) in [5, 5.41) is 9.03. The maximum atomic E-state index is 13.7. The lowest BCUT2D eigenvalue weighted by atomic mass is 9.95. The molecule has 0 aliphatic carbocycles. The van der Waals surface area contributed by atoms with E-state index >= 15 is 0 Å². The molecular weight excluding hydrogens is 544 g/mol. The molecule has 0 saturated carbocycles. The van der Waals surface area contributed by atoms with E-state index < -0.39 is 0 Å². The van der Waals surface area contributed by atoms with Crippen molar-refractivity contribution in [2.75, 3.05) is 24.7 Å². The molecule has 2 heterocycles. The van der Waals surface area contributed by atoms with Gasteiger partial charge in [-0.25, -0.2) is 4.68 Å². The maximum absolute atomic E-state index is 13.7. The summed E-state index contributed by atoms with van der Waals surface area (Å²) in [7, 11) is 0. The largest absolute Gasteiger partial charge is 0.464 e. The average Bonchev–Trinajstić information content (AvgIpc) is 3.42. The monoisotopic (exact) mass is 588 g/mol. The molecule has 0 radical (unpaired) electrons. The molecule has 0 unspecified atom stereocenters. The minimum Gasteiger partial charge on any atom is -0.464 e. The fraction of sp³-hybridized carbons (Fsp3) is 0.500. The second kappa shape index (κ2) is 16.7. The van der Waals surface area contributed by atoms with Crippen molar-refractivity contribution < 1.29 is 23.9 Å². The zero-order valence-electron chi connectivity index (χ0n) is 25.6. The fourth-order valence-electron chi connectivity index (χ4n) is 5.34. The van der Waals surface area contributed by atoms with E-state index in [1.54, 1.807) is 9.58 Å². The summed E-state index contributed by atoms with van der Waals surface area (Å²) in [4.78, 5) is 40.0. The van der Waals surface area contributed by atoms with E-state index in [0.29, 0.717) is 57.7 Å². The van der Waals surface area contributed by atoms with Gasteiger partial charge in [0.1, 0.15) is 18.1 Å². The Morgan fingerprint density at radius 1 is 0.791 bits per heavy atom.